The fourth-order valence-corrected chi connectivity index (χ4v) is 1.65. The van der Waals surface area contributed by atoms with Gasteiger partial charge in [-0.2, -0.15) is 0 Å². The quantitative estimate of drug-likeness (QED) is 0.773. The molecule has 0 fully saturated rings. The Morgan fingerprint density at radius 1 is 0.944 bits per heavy atom. The Labute approximate surface area is 105 Å². The van der Waals surface area contributed by atoms with Gasteiger partial charge in [0.1, 0.15) is 0 Å². The molecule has 4 nitrogen and oxygen atoms in total. The monoisotopic (exact) mass is 243 g/mol. The lowest BCUT2D eigenvalue weighted by molar-refractivity contribution is 0.103. The first-order chi connectivity index (χ1) is 8.76. The van der Waals surface area contributed by atoms with Gasteiger partial charge in [0, 0.05) is 23.5 Å². The van der Waals surface area contributed by atoms with Gasteiger partial charge in [0.15, 0.2) is 17.3 Å². The fourth-order valence-electron chi connectivity index (χ4n) is 1.65. The van der Waals surface area contributed by atoms with Crippen LogP contribution in [0.4, 0.5) is 0 Å². The molecule has 0 aliphatic heterocycles. The molecule has 1 aromatic heterocycles. The van der Waals surface area contributed by atoms with E-state index in [0.717, 1.165) is 0 Å². The van der Waals surface area contributed by atoms with Gasteiger partial charge in [-0.05, 0) is 30.3 Å². The van der Waals surface area contributed by atoms with Crippen LogP contribution in [0, 0.1) is 0 Å². The number of benzene rings is 1. The van der Waals surface area contributed by atoms with E-state index in [1.165, 1.54) is 0 Å². The Morgan fingerprint density at radius 2 is 1.61 bits per heavy atom. The van der Waals surface area contributed by atoms with Crippen LogP contribution in [-0.4, -0.2) is 25.0 Å². The molecule has 0 radical (unpaired) electrons. The van der Waals surface area contributed by atoms with Crippen LogP contribution >= 0.6 is 0 Å². The van der Waals surface area contributed by atoms with Crippen LogP contribution in [0.25, 0.3) is 0 Å². The van der Waals surface area contributed by atoms with E-state index < -0.39 is 0 Å². The van der Waals surface area contributed by atoms with E-state index in [-0.39, 0.29) is 5.78 Å². The van der Waals surface area contributed by atoms with Gasteiger partial charge < -0.3 is 9.47 Å². The summed E-state index contributed by atoms with van der Waals surface area (Å²) in [6.45, 7) is 0. The molecule has 0 aliphatic carbocycles. The maximum Gasteiger partial charge on any atom is 0.193 e. The molecule has 0 saturated heterocycles. The van der Waals surface area contributed by atoms with Crippen molar-refractivity contribution in [2.75, 3.05) is 14.2 Å². The van der Waals surface area contributed by atoms with Crippen molar-refractivity contribution >= 4 is 5.78 Å². The number of pyridine rings is 1. The van der Waals surface area contributed by atoms with Crippen molar-refractivity contribution in [3.63, 3.8) is 0 Å². The Hall–Kier alpha value is -2.36. The number of methoxy groups -OCH3 is 2. The number of carbonyl (C=O) groups excluding carboxylic acids is 1. The lowest BCUT2D eigenvalue weighted by Crippen LogP contribution is -2.02. The number of aromatic nitrogens is 1. The van der Waals surface area contributed by atoms with Crippen molar-refractivity contribution in [2.24, 2.45) is 0 Å². The summed E-state index contributed by atoms with van der Waals surface area (Å²) in [7, 11) is 3.10. The number of ether oxygens (including phenoxy) is 2. The second-order valence-corrected chi connectivity index (χ2v) is 3.63. The Bertz CT molecular complexity index is 552. The Balaban J connectivity index is 2.37. The van der Waals surface area contributed by atoms with Crippen LogP contribution in [-0.2, 0) is 0 Å². The molecule has 0 N–H and O–H groups in total. The average Bonchev–Trinajstić information content (AvgIpc) is 2.46. The first-order valence-electron chi connectivity index (χ1n) is 5.43. The highest BCUT2D eigenvalue weighted by Crippen LogP contribution is 2.28. The lowest BCUT2D eigenvalue weighted by atomic mass is 10.0. The zero-order chi connectivity index (χ0) is 13.0. The zero-order valence-corrected chi connectivity index (χ0v) is 10.2. The third kappa shape index (κ3) is 2.32. The highest BCUT2D eigenvalue weighted by Gasteiger charge is 2.12. The highest BCUT2D eigenvalue weighted by molar-refractivity contribution is 6.09. The molecule has 2 aromatic rings. The molecule has 0 saturated carbocycles. The van der Waals surface area contributed by atoms with E-state index in [4.69, 9.17) is 9.47 Å². The molecule has 0 spiro atoms. The highest BCUT2D eigenvalue weighted by atomic mass is 16.5. The van der Waals surface area contributed by atoms with Gasteiger partial charge in [-0.15, -0.1) is 0 Å². The summed E-state index contributed by atoms with van der Waals surface area (Å²) in [4.78, 5) is 16.1. The minimum Gasteiger partial charge on any atom is -0.493 e. The molecule has 0 bridgehead atoms. The Kier molecular flexibility index (Phi) is 3.57. The summed E-state index contributed by atoms with van der Waals surface area (Å²) in [6, 6.07) is 8.46. The summed E-state index contributed by atoms with van der Waals surface area (Å²) in [5.41, 5.74) is 1.15. The van der Waals surface area contributed by atoms with Gasteiger partial charge in [0.2, 0.25) is 0 Å². The van der Waals surface area contributed by atoms with E-state index in [0.29, 0.717) is 22.6 Å². The molecule has 4 heteroatoms. The Morgan fingerprint density at radius 3 is 2.22 bits per heavy atom. The van der Waals surface area contributed by atoms with E-state index in [2.05, 4.69) is 4.98 Å². The molecule has 92 valence electrons. The maximum atomic E-state index is 12.2. The number of ketones is 1. The predicted molar refractivity (Wildman–Crippen MR) is 67.2 cm³/mol. The van der Waals surface area contributed by atoms with Crippen molar-refractivity contribution in [1.82, 2.24) is 4.98 Å². The van der Waals surface area contributed by atoms with Crippen LogP contribution in [0.5, 0.6) is 11.5 Å². The van der Waals surface area contributed by atoms with Crippen molar-refractivity contribution in [1.29, 1.82) is 0 Å². The smallest absolute Gasteiger partial charge is 0.193 e. The molecule has 0 unspecified atom stereocenters. The topological polar surface area (TPSA) is 48.4 Å². The molecule has 1 heterocycles. The predicted octanol–water partition coefficient (Wildman–Crippen LogP) is 2.33. The van der Waals surface area contributed by atoms with E-state index in [1.54, 1.807) is 56.9 Å². The maximum absolute atomic E-state index is 12.2. The van der Waals surface area contributed by atoms with Crippen molar-refractivity contribution in [2.45, 2.75) is 0 Å². The first-order valence-corrected chi connectivity index (χ1v) is 5.43. The molecular weight excluding hydrogens is 230 g/mol. The molecule has 0 atom stereocenters. The van der Waals surface area contributed by atoms with Gasteiger partial charge in [0.25, 0.3) is 0 Å². The molecule has 0 aliphatic rings. The van der Waals surface area contributed by atoms with E-state index in [1.807, 2.05) is 0 Å². The van der Waals surface area contributed by atoms with Crippen LogP contribution in [0.2, 0.25) is 0 Å². The number of rotatable bonds is 4. The first kappa shape index (κ1) is 12.1. The third-order valence-corrected chi connectivity index (χ3v) is 2.59. The summed E-state index contributed by atoms with van der Waals surface area (Å²) in [6.07, 6.45) is 3.18. The number of hydrogen-bond acceptors (Lipinski definition) is 4. The standard InChI is InChI=1S/C14H13NO3/c1-17-12-4-3-11(9-13(12)18-2)14(16)10-5-7-15-8-6-10/h3-9H,1-2H3. The SMILES string of the molecule is COc1ccc(C(=O)c2ccncc2)cc1OC. The second-order valence-electron chi connectivity index (χ2n) is 3.63. The number of carbonyl (C=O) groups is 1. The van der Waals surface area contributed by atoms with Gasteiger partial charge >= 0.3 is 0 Å². The summed E-state index contributed by atoms with van der Waals surface area (Å²) < 4.78 is 10.3. The molecular formula is C14H13NO3. The van der Waals surface area contributed by atoms with Crippen LogP contribution in [0.1, 0.15) is 15.9 Å². The van der Waals surface area contributed by atoms with Crippen LogP contribution in [0.3, 0.4) is 0 Å². The van der Waals surface area contributed by atoms with Crippen LogP contribution < -0.4 is 9.47 Å². The minimum atomic E-state index is -0.0710. The van der Waals surface area contributed by atoms with Crippen molar-refractivity contribution in [3.8, 4) is 11.5 Å². The largest absolute Gasteiger partial charge is 0.493 e. The van der Waals surface area contributed by atoms with Gasteiger partial charge in [-0.3, -0.25) is 9.78 Å². The molecule has 2 rings (SSSR count). The van der Waals surface area contributed by atoms with Crippen molar-refractivity contribution < 1.29 is 14.3 Å². The summed E-state index contributed by atoms with van der Waals surface area (Å²) in [5, 5.41) is 0. The molecule has 18 heavy (non-hydrogen) atoms. The van der Waals surface area contributed by atoms with E-state index in [9.17, 15) is 4.79 Å². The summed E-state index contributed by atoms with van der Waals surface area (Å²) in [5.74, 6) is 1.07. The average molecular weight is 243 g/mol. The van der Waals surface area contributed by atoms with Crippen molar-refractivity contribution in [3.05, 3.63) is 53.9 Å². The number of hydrogen-bond donors (Lipinski definition) is 0. The molecule has 0 amide bonds. The number of nitrogens with zero attached hydrogens (tertiary/aromatic N) is 1. The lowest BCUT2D eigenvalue weighted by Gasteiger charge is -2.08. The van der Waals surface area contributed by atoms with Gasteiger partial charge in [0.05, 0.1) is 14.2 Å². The molecule has 1 aromatic carbocycles. The summed E-state index contributed by atoms with van der Waals surface area (Å²) >= 11 is 0. The normalized spacial score (nSPS) is 9.89. The van der Waals surface area contributed by atoms with Gasteiger partial charge in [-0.1, -0.05) is 0 Å². The second kappa shape index (κ2) is 5.31. The van der Waals surface area contributed by atoms with E-state index >= 15 is 0 Å². The minimum absolute atomic E-state index is 0.0710. The van der Waals surface area contributed by atoms with Gasteiger partial charge in [-0.25, -0.2) is 0 Å². The third-order valence-electron chi connectivity index (χ3n) is 2.59. The fraction of sp³-hybridized carbons (Fsp3) is 0.143. The zero-order valence-electron chi connectivity index (χ0n) is 10.2. The van der Waals surface area contributed by atoms with Crippen LogP contribution in [0.15, 0.2) is 42.7 Å².